The van der Waals surface area contributed by atoms with Crippen molar-refractivity contribution < 1.29 is 19.4 Å². The van der Waals surface area contributed by atoms with E-state index in [4.69, 9.17) is 4.74 Å². The van der Waals surface area contributed by atoms with Gasteiger partial charge in [-0.15, -0.1) is 0 Å². The van der Waals surface area contributed by atoms with Crippen LogP contribution in [0.15, 0.2) is 60.7 Å². The standard InChI is InChI=1S/C28H34N4O4/c1-18-16-32(19(2)17-33)27(34)14-21-13-22(11-12-25(21)36-26(18)15-29-3)30-28(35)31-24-10-6-8-20-7-4-5-9-23(20)24/h4-13,18-19,26,29,33H,14-17H2,1-3H3,(H2,30,31,35)/t18-,19+,26-/m1/s1. The van der Waals surface area contributed by atoms with Gasteiger partial charge in [0, 0.05) is 35.6 Å². The molecule has 4 rings (SSSR count). The number of fused-ring (bicyclic) bond motifs is 2. The molecule has 1 aliphatic rings. The van der Waals surface area contributed by atoms with E-state index in [9.17, 15) is 14.7 Å². The smallest absolute Gasteiger partial charge is 0.323 e. The molecule has 0 saturated carbocycles. The molecular formula is C28H34N4O4. The van der Waals surface area contributed by atoms with Crippen LogP contribution in [0.3, 0.4) is 0 Å². The quantitative estimate of drug-likeness (QED) is 0.420. The number of likely N-dealkylation sites (N-methyl/N-ethyl adjacent to an activating group) is 1. The second-order valence-electron chi connectivity index (χ2n) is 9.37. The number of urea groups is 1. The molecule has 1 aliphatic heterocycles. The first-order valence-electron chi connectivity index (χ1n) is 12.3. The van der Waals surface area contributed by atoms with E-state index in [0.29, 0.717) is 35.8 Å². The Morgan fingerprint density at radius 3 is 2.69 bits per heavy atom. The topological polar surface area (TPSA) is 103 Å². The van der Waals surface area contributed by atoms with Gasteiger partial charge in [0.2, 0.25) is 5.91 Å². The highest BCUT2D eigenvalue weighted by atomic mass is 16.5. The molecule has 0 fully saturated rings. The van der Waals surface area contributed by atoms with Gasteiger partial charge in [-0.3, -0.25) is 4.79 Å². The van der Waals surface area contributed by atoms with E-state index >= 15 is 0 Å². The largest absolute Gasteiger partial charge is 0.488 e. The molecule has 3 aromatic carbocycles. The number of carbonyl (C=O) groups excluding carboxylic acids is 2. The van der Waals surface area contributed by atoms with Gasteiger partial charge in [0.1, 0.15) is 11.9 Å². The van der Waals surface area contributed by atoms with Crippen molar-refractivity contribution in [3.63, 3.8) is 0 Å². The maximum Gasteiger partial charge on any atom is 0.323 e. The Labute approximate surface area is 211 Å². The van der Waals surface area contributed by atoms with Crippen LogP contribution >= 0.6 is 0 Å². The summed E-state index contributed by atoms with van der Waals surface area (Å²) in [5, 5.41) is 20.7. The molecule has 3 atom stereocenters. The average Bonchev–Trinajstić information content (AvgIpc) is 2.92. The lowest BCUT2D eigenvalue weighted by atomic mass is 10.0. The van der Waals surface area contributed by atoms with Crippen molar-refractivity contribution in [2.45, 2.75) is 32.4 Å². The first-order chi connectivity index (χ1) is 17.4. The molecule has 0 saturated heterocycles. The van der Waals surface area contributed by atoms with Crippen LogP contribution in [0.5, 0.6) is 5.75 Å². The van der Waals surface area contributed by atoms with Crippen LogP contribution < -0.4 is 20.7 Å². The number of rotatable bonds is 6. The number of carbonyl (C=O) groups is 2. The highest BCUT2D eigenvalue weighted by molar-refractivity contribution is 6.06. The van der Waals surface area contributed by atoms with Gasteiger partial charge in [0.05, 0.1) is 24.8 Å². The number of hydrogen-bond acceptors (Lipinski definition) is 5. The molecule has 0 aliphatic carbocycles. The number of anilines is 2. The average molecular weight is 491 g/mol. The van der Waals surface area contributed by atoms with Gasteiger partial charge in [-0.2, -0.15) is 0 Å². The Kier molecular flexibility index (Phi) is 8.07. The van der Waals surface area contributed by atoms with Gasteiger partial charge in [-0.05, 0) is 43.6 Å². The van der Waals surface area contributed by atoms with Crippen LogP contribution in [0, 0.1) is 5.92 Å². The number of aliphatic hydroxyl groups is 1. The third kappa shape index (κ3) is 5.78. The van der Waals surface area contributed by atoms with Gasteiger partial charge >= 0.3 is 6.03 Å². The van der Waals surface area contributed by atoms with E-state index in [1.165, 1.54) is 0 Å². The predicted octanol–water partition coefficient (Wildman–Crippen LogP) is 3.85. The number of nitrogens with one attached hydrogen (secondary N) is 3. The highest BCUT2D eigenvalue weighted by Gasteiger charge is 2.30. The van der Waals surface area contributed by atoms with Crippen molar-refractivity contribution >= 4 is 34.1 Å². The second kappa shape index (κ2) is 11.4. The van der Waals surface area contributed by atoms with E-state index < -0.39 is 0 Å². The monoisotopic (exact) mass is 490 g/mol. The van der Waals surface area contributed by atoms with Crippen molar-refractivity contribution in [2.75, 3.05) is 37.4 Å². The van der Waals surface area contributed by atoms with Crippen molar-refractivity contribution in [2.24, 2.45) is 5.92 Å². The molecule has 3 amide bonds. The number of amides is 3. The summed E-state index contributed by atoms with van der Waals surface area (Å²) in [5.74, 6) is 0.579. The Bertz CT molecular complexity index is 1230. The Morgan fingerprint density at radius 2 is 1.92 bits per heavy atom. The molecule has 3 aromatic rings. The van der Waals surface area contributed by atoms with E-state index in [2.05, 4.69) is 16.0 Å². The summed E-state index contributed by atoms with van der Waals surface area (Å²) in [6, 6.07) is 18.3. The zero-order valence-corrected chi connectivity index (χ0v) is 21.0. The molecule has 0 spiro atoms. The number of benzene rings is 3. The van der Waals surface area contributed by atoms with Gasteiger partial charge < -0.3 is 30.7 Å². The summed E-state index contributed by atoms with van der Waals surface area (Å²) in [6.45, 7) is 4.87. The van der Waals surface area contributed by atoms with Crippen LogP contribution in [0.25, 0.3) is 10.8 Å². The van der Waals surface area contributed by atoms with Gasteiger partial charge in [0.15, 0.2) is 0 Å². The molecule has 0 aromatic heterocycles. The maximum absolute atomic E-state index is 13.2. The zero-order valence-electron chi connectivity index (χ0n) is 21.0. The number of hydrogen-bond donors (Lipinski definition) is 4. The van der Waals surface area contributed by atoms with E-state index in [0.717, 1.165) is 10.8 Å². The molecule has 8 heteroatoms. The fraction of sp³-hybridized carbons (Fsp3) is 0.357. The predicted molar refractivity (Wildman–Crippen MR) is 143 cm³/mol. The second-order valence-corrected chi connectivity index (χ2v) is 9.37. The lowest BCUT2D eigenvalue weighted by Gasteiger charge is -2.32. The van der Waals surface area contributed by atoms with Crippen LogP contribution in [-0.4, -0.2) is 60.8 Å². The third-order valence-corrected chi connectivity index (χ3v) is 6.62. The summed E-state index contributed by atoms with van der Waals surface area (Å²) in [6.07, 6.45) is -0.0550. The van der Waals surface area contributed by atoms with E-state index in [1.54, 1.807) is 23.1 Å². The molecule has 4 N–H and O–H groups in total. The molecule has 190 valence electrons. The summed E-state index contributed by atoms with van der Waals surface area (Å²) in [5.41, 5.74) is 1.96. The zero-order chi connectivity index (χ0) is 25.7. The Morgan fingerprint density at radius 1 is 1.14 bits per heavy atom. The summed E-state index contributed by atoms with van der Waals surface area (Å²) < 4.78 is 6.35. The molecule has 36 heavy (non-hydrogen) atoms. The molecule has 1 heterocycles. The number of aliphatic hydroxyl groups excluding tert-OH is 1. The minimum absolute atomic E-state index is 0.0469. The normalized spacial score (nSPS) is 18.9. The first kappa shape index (κ1) is 25.5. The third-order valence-electron chi connectivity index (χ3n) is 6.62. The van der Waals surface area contributed by atoms with Crippen molar-refractivity contribution in [1.29, 1.82) is 0 Å². The summed E-state index contributed by atoms with van der Waals surface area (Å²) in [4.78, 5) is 27.8. The van der Waals surface area contributed by atoms with Crippen LogP contribution in [0.2, 0.25) is 0 Å². The van der Waals surface area contributed by atoms with Crippen LogP contribution in [0.1, 0.15) is 19.4 Å². The number of ether oxygens (including phenoxy) is 1. The first-order valence-corrected chi connectivity index (χ1v) is 12.3. The summed E-state index contributed by atoms with van der Waals surface area (Å²) >= 11 is 0. The fourth-order valence-electron chi connectivity index (χ4n) is 4.57. The fourth-order valence-corrected chi connectivity index (χ4v) is 4.57. The van der Waals surface area contributed by atoms with E-state index in [1.807, 2.05) is 63.4 Å². The maximum atomic E-state index is 13.2. The minimum Gasteiger partial charge on any atom is -0.488 e. The summed E-state index contributed by atoms with van der Waals surface area (Å²) in [7, 11) is 1.87. The Hall–Kier alpha value is -3.62. The molecule has 0 radical (unpaired) electrons. The van der Waals surface area contributed by atoms with Crippen molar-refractivity contribution in [3.8, 4) is 5.75 Å². The Balaban J connectivity index is 1.57. The molecular weight excluding hydrogens is 456 g/mol. The van der Waals surface area contributed by atoms with Gasteiger partial charge in [-0.25, -0.2) is 4.79 Å². The van der Waals surface area contributed by atoms with E-state index in [-0.39, 0.29) is 43.0 Å². The van der Waals surface area contributed by atoms with Crippen molar-refractivity contribution in [1.82, 2.24) is 10.2 Å². The highest BCUT2D eigenvalue weighted by Crippen LogP contribution is 2.29. The number of nitrogens with zero attached hydrogens (tertiary/aromatic N) is 1. The van der Waals surface area contributed by atoms with Gasteiger partial charge in [-0.1, -0.05) is 43.3 Å². The lowest BCUT2D eigenvalue weighted by Crippen LogP contribution is -2.47. The molecule has 0 unspecified atom stereocenters. The van der Waals surface area contributed by atoms with Gasteiger partial charge in [0.25, 0.3) is 0 Å². The van der Waals surface area contributed by atoms with Crippen molar-refractivity contribution in [3.05, 3.63) is 66.2 Å². The lowest BCUT2D eigenvalue weighted by molar-refractivity contribution is -0.134. The van der Waals surface area contributed by atoms with Crippen LogP contribution in [-0.2, 0) is 11.2 Å². The SMILES string of the molecule is CNC[C@H]1Oc2ccc(NC(=O)Nc3cccc4ccccc34)cc2CC(=O)N([C@@H](C)CO)C[C@H]1C. The minimum atomic E-state index is -0.376. The van der Waals surface area contributed by atoms with Crippen LogP contribution in [0.4, 0.5) is 16.2 Å². The molecule has 8 nitrogen and oxygen atoms in total. The molecule has 0 bridgehead atoms.